The largest absolute Gasteiger partial charge is 0.461 e. The van der Waals surface area contributed by atoms with Gasteiger partial charge in [-0.15, -0.1) is 0 Å². The Morgan fingerprint density at radius 2 is 1.41 bits per heavy atom. The van der Waals surface area contributed by atoms with E-state index in [1.807, 2.05) is 67.7 Å². The SMILES string of the molecule is CN(CCN1Cc2ccccc2C1)C(=O)C[C@@H](Cc1ccccc1)C(=O)OCc1ccccc1. The zero-order valence-corrected chi connectivity index (χ0v) is 19.7. The maximum atomic E-state index is 13.0. The van der Waals surface area contributed by atoms with Crippen molar-refractivity contribution in [2.24, 2.45) is 5.92 Å². The van der Waals surface area contributed by atoms with Gasteiger partial charge in [-0.05, 0) is 28.7 Å². The number of esters is 1. The molecule has 1 amide bonds. The molecule has 0 aromatic heterocycles. The number of fused-ring (bicyclic) bond motifs is 1. The third kappa shape index (κ3) is 6.55. The summed E-state index contributed by atoms with van der Waals surface area (Å²) in [6.45, 7) is 3.48. The van der Waals surface area contributed by atoms with Gasteiger partial charge in [0.25, 0.3) is 0 Å². The van der Waals surface area contributed by atoms with Crippen LogP contribution in [-0.2, 0) is 40.4 Å². The highest BCUT2D eigenvalue weighted by Crippen LogP contribution is 2.22. The Labute approximate surface area is 202 Å². The number of rotatable bonds is 10. The van der Waals surface area contributed by atoms with Crippen molar-refractivity contribution in [3.05, 3.63) is 107 Å². The third-order valence-electron chi connectivity index (χ3n) is 6.39. The van der Waals surface area contributed by atoms with E-state index in [-0.39, 0.29) is 24.9 Å². The minimum absolute atomic E-state index is 0.0331. The second-order valence-corrected chi connectivity index (χ2v) is 8.98. The number of nitrogens with zero attached hydrogens (tertiary/aromatic N) is 2. The molecule has 3 aromatic carbocycles. The first-order valence-corrected chi connectivity index (χ1v) is 11.9. The predicted molar refractivity (Wildman–Crippen MR) is 133 cm³/mol. The lowest BCUT2D eigenvalue weighted by atomic mass is 9.95. The van der Waals surface area contributed by atoms with Crippen LogP contribution >= 0.6 is 0 Å². The van der Waals surface area contributed by atoms with Crippen LogP contribution in [0.15, 0.2) is 84.9 Å². The normalized spacial score (nSPS) is 13.8. The van der Waals surface area contributed by atoms with E-state index in [0.717, 1.165) is 30.8 Å². The molecule has 176 valence electrons. The van der Waals surface area contributed by atoms with Crippen molar-refractivity contribution in [1.82, 2.24) is 9.80 Å². The molecule has 0 saturated heterocycles. The van der Waals surface area contributed by atoms with E-state index in [1.165, 1.54) is 11.1 Å². The molecule has 1 heterocycles. The Bertz CT molecular complexity index is 1060. The summed E-state index contributed by atoms with van der Waals surface area (Å²) in [6.07, 6.45) is 0.620. The highest BCUT2D eigenvalue weighted by atomic mass is 16.5. The second-order valence-electron chi connectivity index (χ2n) is 8.98. The van der Waals surface area contributed by atoms with Crippen molar-refractivity contribution in [3.8, 4) is 0 Å². The van der Waals surface area contributed by atoms with Gasteiger partial charge < -0.3 is 9.64 Å². The maximum absolute atomic E-state index is 13.0. The van der Waals surface area contributed by atoms with Crippen LogP contribution in [0, 0.1) is 5.92 Å². The summed E-state index contributed by atoms with van der Waals surface area (Å²) in [5.74, 6) is -0.879. The summed E-state index contributed by atoms with van der Waals surface area (Å²) >= 11 is 0. The average Bonchev–Trinajstić information content (AvgIpc) is 3.29. The molecular weight excluding hydrogens is 424 g/mol. The topological polar surface area (TPSA) is 49.9 Å². The monoisotopic (exact) mass is 456 g/mol. The molecule has 0 unspecified atom stereocenters. The van der Waals surface area contributed by atoms with Crippen LogP contribution in [-0.4, -0.2) is 41.8 Å². The van der Waals surface area contributed by atoms with E-state index in [2.05, 4.69) is 29.2 Å². The Kier molecular flexibility index (Phi) is 8.10. The van der Waals surface area contributed by atoms with E-state index < -0.39 is 5.92 Å². The first-order chi connectivity index (χ1) is 16.6. The molecule has 1 aliphatic heterocycles. The van der Waals surface area contributed by atoms with Crippen LogP contribution in [0.25, 0.3) is 0 Å². The van der Waals surface area contributed by atoms with E-state index in [1.54, 1.807) is 4.90 Å². The summed E-state index contributed by atoms with van der Waals surface area (Å²) in [7, 11) is 1.82. The smallest absolute Gasteiger partial charge is 0.310 e. The van der Waals surface area contributed by atoms with Gasteiger partial charge in [0.1, 0.15) is 6.61 Å². The van der Waals surface area contributed by atoms with Gasteiger partial charge in [-0.3, -0.25) is 14.5 Å². The van der Waals surface area contributed by atoms with Gasteiger partial charge in [0, 0.05) is 39.6 Å². The first kappa shape index (κ1) is 23.7. The molecule has 0 bridgehead atoms. The summed E-state index contributed by atoms with van der Waals surface area (Å²) < 4.78 is 5.60. The highest BCUT2D eigenvalue weighted by Gasteiger charge is 2.26. The number of ether oxygens (including phenoxy) is 1. The van der Waals surface area contributed by atoms with Gasteiger partial charge in [0.05, 0.1) is 5.92 Å². The Morgan fingerprint density at radius 3 is 2.03 bits per heavy atom. The summed E-state index contributed by atoms with van der Waals surface area (Å²) in [6, 6.07) is 27.9. The molecule has 0 N–H and O–H groups in total. The molecule has 1 aliphatic rings. The van der Waals surface area contributed by atoms with Crippen LogP contribution in [0.4, 0.5) is 0 Å². The lowest BCUT2D eigenvalue weighted by Gasteiger charge is -2.23. The Morgan fingerprint density at radius 1 is 0.853 bits per heavy atom. The summed E-state index contributed by atoms with van der Waals surface area (Å²) in [5, 5.41) is 0. The Hall–Kier alpha value is -3.44. The van der Waals surface area contributed by atoms with Crippen LogP contribution < -0.4 is 0 Å². The molecule has 5 nitrogen and oxygen atoms in total. The predicted octanol–water partition coefficient (Wildman–Crippen LogP) is 4.45. The molecule has 0 spiro atoms. The summed E-state index contributed by atoms with van der Waals surface area (Å²) in [4.78, 5) is 30.1. The van der Waals surface area contributed by atoms with Crippen LogP contribution in [0.2, 0.25) is 0 Å². The van der Waals surface area contributed by atoms with Crippen LogP contribution in [0.5, 0.6) is 0 Å². The van der Waals surface area contributed by atoms with Crippen molar-refractivity contribution in [2.75, 3.05) is 20.1 Å². The number of likely N-dealkylation sites (N-methyl/N-ethyl adjacent to an activating group) is 1. The van der Waals surface area contributed by atoms with Crippen molar-refractivity contribution in [3.63, 3.8) is 0 Å². The zero-order valence-electron chi connectivity index (χ0n) is 19.7. The minimum Gasteiger partial charge on any atom is -0.461 e. The van der Waals surface area contributed by atoms with Crippen molar-refractivity contribution in [2.45, 2.75) is 32.5 Å². The van der Waals surface area contributed by atoms with E-state index >= 15 is 0 Å². The molecule has 4 rings (SSSR count). The fourth-order valence-electron chi connectivity index (χ4n) is 4.33. The van der Waals surface area contributed by atoms with Gasteiger partial charge in [-0.25, -0.2) is 0 Å². The van der Waals surface area contributed by atoms with Gasteiger partial charge in [-0.2, -0.15) is 0 Å². The number of carbonyl (C=O) groups is 2. The summed E-state index contributed by atoms with van der Waals surface area (Å²) in [5.41, 5.74) is 4.68. The number of hydrogen-bond acceptors (Lipinski definition) is 4. The minimum atomic E-state index is -0.517. The number of hydrogen-bond donors (Lipinski definition) is 0. The fraction of sp³-hybridized carbons (Fsp3) is 0.310. The molecule has 0 aliphatic carbocycles. The second kappa shape index (κ2) is 11.6. The van der Waals surface area contributed by atoms with Crippen LogP contribution in [0.3, 0.4) is 0 Å². The lowest BCUT2D eigenvalue weighted by molar-refractivity contribution is -0.152. The van der Waals surface area contributed by atoms with E-state index in [4.69, 9.17) is 4.74 Å². The first-order valence-electron chi connectivity index (χ1n) is 11.9. The molecule has 5 heteroatoms. The van der Waals surface area contributed by atoms with E-state index in [0.29, 0.717) is 13.0 Å². The molecule has 34 heavy (non-hydrogen) atoms. The number of benzene rings is 3. The van der Waals surface area contributed by atoms with Crippen molar-refractivity contribution in [1.29, 1.82) is 0 Å². The average molecular weight is 457 g/mol. The van der Waals surface area contributed by atoms with Crippen molar-refractivity contribution >= 4 is 11.9 Å². The molecule has 0 saturated carbocycles. The van der Waals surface area contributed by atoms with Gasteiger partial charge in [0.15, 0.2) is 0 Å². The van der Waals surface area contributed by atoms with Crippen molar-refractivity contribution < 1.29 is 14.3 Å². The molecule has 0 radical (unpaired) electrons. The van der Waals surface area contributed by atoms with Crippen LogP contribution in [0.1, 0.15) is 28.7 Å². The van der Waals surface area contributed by atoms with Gasteiger partial charge >= 0.3 is 5.97 Å². The fourth-order valence-corrected chi connectivity index (χ4v) is 4.33. The molecule has 1 atom stereocenters. The maximum Gasteiger partial charge on any atom is 0.310 e. The van der Waals surface area contributed by atoms with E-state index in [9.17, 15) is 9.59 Å². The number of amides is 1. The molecular formula is C29H32N2O3. The zero-order chi connectivity index (χ0) is 23.8. The van der Waals surface area contributed by atoms with Gasteiger partial charge in [-0.1, -0.05) is 84.9 Å². The van der Waals surface area contributed by atoms with Gasteiger partial charge in [0.2, 0.25) is 5.91 Å². The Balaban J connectivity index is 1.32. The number of carbonyl (C=O) groups excluding carboxylic acids is 2. The lowest BCUT2D eigenvalue weighted by Crippen LogP contribution is -2.36. The standard InChI is InChI=1S/C29H32N2O3/c1-30(16-17-31-20-25-14-8-9-15-26(25)21-31)28(32)19-27(18-23-10-4-2-5-11-23)29(33)34-22-24-12-6-3-7-13-24/h2-15,27H,16-22H2,1H3/t27-/m1/s1. The highest BCUT2D eigenvalue weighted by molar-refractivity contribution is 5.83. The molecule has 0 fully saturated rings. The molecule has 3 aromatic rings. The third-order valence-corrected chi connectivity index (χ3v) is 6.39. The quantitative estimate of drug-likeness (QED) is 0.423.